The standard InChI is InChI=1S/C26H28FN5O5/c1-29-22-12-20(6-5-18(22)13-28-29)32(14-19-4-3-17(11-21(19)27)23(33)37-2)24(34)30-9-7-26(8-10-30)15-31(16-26)25(35)36/h3-6,11-13H,7-10,14-16H2,1-2H3,(H,35,36). The van der Waals surface area contributed by atoms with Crippen LogP contribution in [0.25, 0.3) is 10.9 Å². The molecule has 1 spiro atoms. The SMILES string of the molecule is COC(=O)c1ccc(CN(C(=O)N2CCC3(CC2)CN(C(=O)O)C3)c2ccc3cnn(C)c3c2)c(F)c1. The summed E-state index contributed by atoms with van der Waals surface area (Å²) < 4.78 is 21.4. The van der Waals surface area contributed by atoms with Crippen molar-refractivity contribution in [1.29, 1.82) is 0 Å². The number of benzene rings is 2. The van der Waals surface area contributed by atoms with Crippen molar-refractivity contribution in [3.63, 3.8) is 0 Å². The third-order valence-electron chi connectivity index (χ3n) is 7.50. The van der Waals surface area contributed by atoms with Crippen LogP contribution in [-0.4, -0.2) is 76.1 Å². The molecular weight excluding hydrogens is 481 g/mol. The molecule has 2 fully saturated rings. The predicted molar refractivity (Wildman–Crippen MR) is 133 cm³/mol. The van der Waals surface area contributed by atoms with Crippen LogP contribution in [0.15, 0.2) is 42.6 Å². The number of carboxylic acid groups (broad SMARTS) is 1. The number of esters is 1. The number of hydrogen-bond donors (Lipinski definition) is 1. The first-order chi connectivity index (χ1) is 17.7. The number of carbonyl (C=O) groups excluding carboxylic acids is 2. The molecule has 11 heteroatoms. The maximum Gasteiger partial charge on any atom is 0.407 e. The average molecular weight is 510 g/mol. The number of hydrogen-bond acceptors (Lipinski definition) is 5. The molecule has 0 aliphatic carbocycles. The van der Waals surface area contributed by atoms with Crippen LogP contribution in [0, 0.1) is 11.2 Å². The van der Waals surface area contributed by atoms with Gasteiger partial charge < -0.3 is 19.6 Å². The smallest absolute Gasteiger partial charge is 0.407 e. The number of urea groups is 1. The number of nitrogens with zero attached hydrogens (tertiary/aromatic N) is 5. The maximum atomic E-state index is 15.0. The molecule has 2 aromatic carbocycles. The summed E-state index contributed by atoms with van der Waals surface area (Å²) in [6.45, 7) is 1.91. The van der Waals surface area contributed by atoms with E-state index < -0.39 is 17.9 Å². The molecule has 3 aromatic rings. The Morgan fingerprint density at radius 2 is 1.84 bits per heavy atom. The van der Waals surface area contributed by atoms with Crippen molar-refractivity contribution >= 4 is 34.7 Å². The quantitative estimate of drug-likeness (QED) is 0.538. The molecule has 37 heavy (non-hydrogen) atoms. The fourth-order valence-electron chi connectivity index (χ4n) is 5.22. The first-order valence-electron chi connectivity index (χ1n) is 12.0. The van der Waals surface area contributed by atoms with E-state index in [1.165, 1.54) is 29.0 Å². The number of ether oxygens (including phenoxy) is 1. The molecule has 2 aliphatic heterocycles. The van der Waals surface area contributed by atoms with Gasteiger partial charge in [-0.05, 0) is 43.2 Å². The number of aromatic nitrogens is 2. The summed E-state index contributed by atoms with van der Waals surface area (Å²) in [4.78, 5) is 41.5. The van der Waals surface area contributed by atoms with Gasteiger partial charge in [-0.15, -0.1) is 0 Å². The van der Waals surface area contributed by atoms with Crippen LogP contribution in [0.4, 0.5) is 19.7 Å². The zero-order valence-electron chi connectivity index (χ0n) is 20.7. The molecule has 2 aliphatic rings. The van der Waals surface area contributed by atoms with Gasteiger partial charge in [0.1, 0.15) is 5.82 Å². The molecule has 0 radical (unpaired) electrons. The van der Waals surface area contributed by atoms with Gasteiger partial charge in [0.15, 0.2) is 0 Å². The topological polar surface area (TPSA) is 108 Å². The Kier molecular flexibility index (Phi) is 6.22. The molecule has 0 unspecified atom stereocenters. The number of amides is 3. The van der Waals surface area contributed by atoms with Gasteiger partial charge in [-0.25, -0.2) is 18.8 Å². The molecule has 3 amide bonds. The molecule has 1 N–H and O–H groups in total. The fraction of sp³-hybridized carbons (Fsp3) is 0.385. The highest BCUT2D eigenvalue weighted by Gasteiger charge is 2.47. The number of piperidine rings is 1. The largest absolute Gasteiger partial charge is 0.465 e. The Labute approximate surface area is 212 Å². The van der Waals surface area contributed by atoms with Crippen LogP contribution in [0.2, 0.25) is 0 Å². The molecule has 0 bridgehead atoms. The lowest BCUT2D eigenvalue weighted by molar-refractivity contribution is -0.0265. The van der Waals surface area contributed by atoms with Crippen LogP contribution in [-0.2, 0) is 18.3 Å². The van der Waals surface area contributed by atoms with E-state index in [1.54, 1.807) is 15.8 Å². The van der Waals surface area contributed by atoms with Gasteiger partial charge >= 0.3 is 18.1 Å². The van der Waals surface area contributed by atoms with E-state index >= 15 is 4.39 Å². The lowest BCUT2D eigenvalue weighted by Crippen LogP contribution is -2.62. The van der Waals surface area contributed by atoms with Crippen molar-refractivity contribution in [2.45, 2.75) is 19.4 Å². The van der Waals surface area contributed by atoms with Crippen LogP contribution >= 0.6 is 0 Å². The summed E-state index contributed by atoms with van der Waals surface area (Å²) in [5, 5.41) is 14.4. The van der Waals surface area contributed by atoms with E-state index in [4.69, 9.17) is 0 Å². The highest BCUT2D eigenvalue weighted by atomic mass is 19.1. The second-order valence-corrected chi connectivity index (χ2v) is 9.80. The zero-order chi connectivity index (χ0) is 26.3. The summed E-state index contributed by atoms with van der Waals surface area (Å²) in [5.74, 6) is -1.25. The molecule has 2 saturated heterocycles. The van der Waals surface area contributed by atoms with Gasteiger partial charge in [0, 0.05) is 55.3 Å². The summed E-state index contributed by atoms with van der Waals surface area (Å²) in [6, 6.07) is 9.35. The number of fused-ring (bicyclic) bond motifs is 1. The Bertz CT molecular complexity index is 1370. The number of aryl methyl sites for hydroxylation is 1. The third kappa shape index (κ3) is 4.56. The summed E-state index contributed by atoms with van der Waals surface area (Å²) in [7, 11) is 3.04. The molecule has 1 aromatic heterocycles. The average Bonchev–Trinajstić information content (AvgIpc) is 3.25. The maximum absolute atomic E-state index is 15.0. The number of anilines is 1. The van der Waals surface area contributed by atoms with E-state index in [0.717, 1.165) is 17.0 Å². The first kappa shape index (κ1) is 24.5. The molecule has 10 nitrogen and oxygen atoms in total. The van der Waals surface area contributed by atoms with Gasteiger partial charge in [-0.1, -0.05) is 6.07 Å². The van der Waals surface area contributed by atoms with Crippen LogP contribution in [0.5, 0.6) is 0 Å². The van der Waals surface area contributed by atoms with Crippen LogP contribution < -0.4 is 4.90 Å². The van der Waals surface area contributed by atoms with Gasteiger partial charge in [-0.3, -0.25) is 9.58 Å². The monoisotopic (exact) mass is 509 g/mol. The molecular formula is C26H28FN5O5. The second kappa shape index (κ2) is 9.38. The first-order valence-corrected chi connectivity index (χ1v) is 12.0. The van der Waals surface area contributed by atoms with Crippen molar-refractivity contribution < 1.29 is 28.6 Å². The van der Waals surface area contributed by atoms with Gasteiger partial charge in [0.05, 0.1) is 30.9 Å². The predicted octanol–water partition coefficient (Wildman–Crippen LogP) is 3.70. The zero-order valence-corrected chi connectivity index (χ0v) is 20.7. The fourth-order valence-corrected chi connectivity index (χ4v) is 5.22. The Morgan fingerprint density at radius 1 is 1.11 bits per heavy atom. The lowest BCUT2D eigenvalue weighted by atomic mass is 9.72. The Hall–Kier alpha value is -4.15. The normalized spacial score (nSPS) is 16.5. The number of halogens is 1. The van der Waals surface area contributed by atoms with Crippen molar-refractivity contribution in [2.24, 2.45) is 12.5 Å². The van der Waals surface area contributed by atoms with Gasteiger partial charge in [-0.2, -0.15) is 5.10 Å². The highest BCUT2D eigenvalue weighted by molar-refractivity contribution is 5.95. The third-order valence-corrected chi connectivity index (χ3v) is 7.50. The van der Waals surface area contributed by atoms with Crippen LogP contribution in [0.3, 0.4) is 0 Å². The van der Waals surface area contributed by atoms with Crippen molar-refractivity contribution in [3.8, 4) is 0 Å². The minimum Gasteiger partial charge on any atom is -0.465 e. The van der Waals surface area contributed by atoms with E-state index in [1.807, 2.05) is 25.2 Å². The molecule has 0 saturated carbocycles. The number of likely N-dealkylation sites (tertiary alicyclic amines) is 2. The Balaban J connectivity index is 1.41. The van der Waals surface area contributed by atoms with E-state index in [-0.39, 0.29) is 29.1 Å². The van der Waals surface area contributed by atoms with E-state index in [0.29, 0.717) is 44.7 Å². The minimum atomic E-state index is -0.916. The van der Waals surface area contributed by atoms with Crippen molar-refractivity contribution in [3.05, 3.63) is 59.5 Å². The van der Waals surface area contributed by atoms with Crippen molar-refractivity contribution in [1.82, 2.24) is 19.6 Å². The molecule has 0 atom stereocenters. The summed E-state index contributed by atoms with van der Waals surface area (Å²) in [6.07, 6.45) is 2.24. The molecule has 3 heterocycles. The highest BCUT2D eigenvalue weighted by Crippen LogP contribution is 2.41. The lowest BCUT2D eigenvalue weighted by Gasteiger charge is -2.53. The number of rotatable bonds is 4. The summed E-state index contributed by atoms with van der Waals surface area (Å²) in [5.41, 5.74) is 1.70. The second-order valence-electron chi connectivity index (χ2n) is 9.80. The van der Waals surface area contributed by atoms with Crippen LogP contribution in [0.1, 0.15) is 28.8 Å². The van der Waals surface area contributed by atoms with Gasteiger partial charge in [0.25, 0.3) is 0 Å². The number of methoxy groups -OCH3 is 1. The molecule has 5 rings (SSSR count). The summed E-state index contributed by atoms with van der Waals surface area (Å²) >= 11 is 0. The van der Waals surface area contributed by atoms with Crippen molar-refractivity contribution in [2.75, 3.05) is 38.2 Å². The van der Waals surface area contributed by atoms with E-state index in [2.05, 4.69) is 9.84 Å². The molecule has 194 valence electrons. The van der Waals surface area contributed by atoms with Gasteiger partial charge in [0.2, 0.25) is 0 Å². The minimum absolute atomic E-state index is 0.0378. The number of carbonyl (C=O) groups is 3. The van der Waals surface area contributed by atoms with E-state index in [9.17, 15) is 19.5 Å². The Morgan fingerprint density at radius 3 is 2.49 bits per heavy atom.